The number of nitrogens with zero attached hydrogens (tertiary/aromatic N) is 3. The molecule has 1 aliphatic heterocycles. The molecule has 1 amide bonds. The first-order valence-corrected chi connectivity index (χ1v) is 7.89. The predicted octanol–water partition coefficient (Wildman–Crippen LogP) is 1.64. The first kappa shape index (κ1) is 17.1. The molecule has 1 unspecified atom stereocenters. The van der Waals surface area contributed by atoms with E-state index >= 15 is 0 Å². The maximum absolute atomic E-state index is 14.0. The summed E-state index contributed by atoms with van der Waals surface area (Å²) in [6.07, 6.45) is 0.723. The number of ether oxygens (including phenoxy) is 1. The first-order valence-electron chi connectivity index (χ1n) is 7.89. The number of halogens is 1. The number of carboxylic acid groups (broad SMARTS) is 1. The smallest absolute Gasteiger partial charge is 0.306 e. The molecule has 1 N–H and O–H groups in total. The van der Waals surface area contributed by atoms with Crippen molar-refractivity contribution in [2.75, 3.05) is 19.7 Å². The SMILES string of the molecule is Cc1c(C(=O)N2CCOC(CC(=O)O)C2)cnn1-c1ccccc1F. The van der Waals surface area contributed by atoms with E-state index in [1.165, 1.54) is 16.9 Å². The highest BCUT2D eigenvalue weighted by Crippen LogP contribution is 2.19. The molecule has 1 aromatic heterocycles. The molecule has 0 radical (unpaired) electrons. The Labute approximate surface area is 143 Å². The zero-order valence-corrected chi connectivity index (χ0v) is 13.7. The van der Waals surface area contributed by atoms with Crippen molar-refractivity contribution in [1.82, 2.24) is 14.7 Å². The molecule has 1 fully saturated rings. The lowest BCUT2D eigenvalue weighted by molar-refractivity contribution is -0.141. The van der Waals surface area contributed by atoms with Gasteiger partial charge in [0.2, 0.25) is 0 Å². The van der Waals surface area contributed by atoms with E-state index in [1.54, 1.807) is 30.0 Å². The van der Waals surface area contributed by atoms with Crippen molar-refractivity contribution in [2.45, 2.75) is 19.4 Å². The van der Waals surface area contributed by atoms with E-state index in [9.17, 15) is 14.0 Å². The molecule has 25 heavy (non-hydrogen) atoms. The lowest BCUT2D eigenvalue weighted by Crippen LogP contribution is -2.46. The molecule has 0 bridgehead atoms. The first-order chi connectivity index (χ1) is 12.0. The van der Waals surface area contributed by atoms with Gasteiger partial charge in [-0.1, -0.05) is 12.1 Å². The van der Waals surface area contributed by atoms with Gasteiger partial charge < -0.3 is 14.7 Å². The van der Waals surface area contributed by atoms with Crippen LogP contribution in [0.3, 0.4) is 0 Å². The normalized spacial score (nSPS) is 17.5. The number of hydrogen-bond donors (Lipinski definition) is 1. The quantitative estimate of drug-likeness (QED) is 0.909. The van der Waals surface area contributed by atoms with Gasteiger partial charge in [0, 0.05) is 13.1 Å². The highest BCUT2D eigenvalue weighted by molar-refractivity contribution is 5.95. The monoisotopic (exact) mass is 347 g/mol. The second kappa shape index (κ2) is 7.02. The van der Waals surface area contributed by atoms with E-state index in [4.69, 9.17) is 9.84 Å². The number of aliphatic carboxylic acids is 1. The fourth-order valence-corrected chi connectivity index (χ4v) is 2.88. The van der Waals surface area contributed by atoms with Gasteiger partial charge in [-0.3, -0.25) is 9.59 Å². The lowest BCUT2D eigenvalue weighted by atomic mass is 10.1. The summed E-state index contributed by atoms with van der Waals surface area (Å²) in [6.45, 7) is 2.56. The lowest BCUT2D eigenvalue weighted by Gasteiger charge is -2.32. The highest BCUT2D eigenvalue weighted by Gasteiger charge is 2.28. The zero-order chi connectivity index (χ0) is 18.0. The second-order valence-electron chi connectivity index (χ2n) is 5.85. The summed E-state index contributed by atoms with van der Waals surface area (Å²) in [5, 5.41) is 13.0. The molecule has 1 aliphatic rings. The molecular formula is C17H18FN3O4. The molecule has 8 heteroatoms. The van der Waals surface area contributed by atoms with Crippen molar-refractivity contribution in [2.24, 2.45) is 0 Å². The van der Waals surface area contributed by atoms with Gasteiger partial charge in [-0.05, 0) is 19.1 Å². The fraction of sp³-hybridized carbons (Fsp3) is 0.353. The van der Waals surface area contributed by atoms with Crippen LogP contribution in [0.5, 0.6) is 0 Å². The van der Waals surface area contributed by atoms with Crippen LogP contribution < -0.4 is 0 Å². The summed E-state index contributed by atoms with van der Waals surface area (Å²) < 4.78 is 20.7. The van der Waals surface area contributed by atoms with Crippen LogP contribution in [-0.2, 0) is 9.53 Å². The molecule has 1 aromatic carbocycles. The Kier molecular flexibility index (Phi) is 4.80. The molecule has 3 rings (SSSR count). The minimum absolute atomic E-state index is 0.156. The van der Waals surface area contributed by atoms with Crippen LogP contribution in [0, 0.1) is 12.7 Å². The van der Waals surface area contributed by atoms with Crippen LogP contribution in [0.15, 0.2) is 30.5 Å². The van der Waals surface area contributed by atoms with Crippen molar-refractivity contribution in [1.29, 1.82) is 0 Å². The number of hydrogen-bond acceptors (Lipinski definition) is 4. The summed E-state index contributed by atoms with van der Waals surface area (Å²) in [5.74, 6) is -1.66. The molecule has 7 nitrogen and oxygen atoms in total. The summed E-state index contributed by atoms with van der Waals surface area (Å²) in [4.78, 5) is 25.1. The molecule has 0 saturated carbocycles. The number of carbonyl (C=O) groups excluding carboxylic acids is 1. The zero-order valence-electron chi connectivity index (χ0n) is 13.7. The molecular weight excluding hydrogens is 329 g/mol. The minimum Gasteiger partial charge on any atom is -0.481 e. The van der Waals surface area contributed by atoms with Gasteiger partial charge in [0.25, 0.3) is 5.91 Å². The maximum atomic E-state index is 14.0. The van der Waals surface area contributed by atoms with E-state index in [1.807, 2.05) is 0 Å². The number of aromatic nitrogens is 2. The summed E-state index contributed by atoms with van der Waals surface area (Å²) in [5.41, 5.74) is 1.15. The third kappa shape index (κ3) is 3.53. The van der Waals surface area contributed by atoms with E-state index < -0.39 is 17.9 Å². The highest BCUT2D eigenvalue weighted by atomic mass is 19.1. The molecule has 0 spiro atoms. The number of carboxylic acids is 1. The Morgan fingerprint density at radius 1 is 1.40 bits per heavy atom. The van der Waals surface area contributed by atoms with Crippen molar-refractivity contribution >= 4 is 11.9 Å². The molecule has 2 aromatic rings. The van der Waals surface area contributed by atoms with Gasteiger partial charge in [0.15, 0.2) is 0 Å². The molecule has 1 saturated heterocycles. The third-order valence-corrected chi connectivity index (χ3v) is 4.15. The maximum Gasteiger partial charge on any atom is 0.306 e. The summed E-state index contributed by atoms with van der Waals surface area (Å²) in [6, 6.07) is 6.19. The van der Waals surface area contributed by atoms with Gasteiger partial charge >= 0.3 is 5.97 Å². The van der Waals surface area contributed by atoms with E-state index in [2.05, 4.69) is 5.10 Å². The Balaban J connectivity index is 1.82. The number of morpholine rings is 1. The van der Waals surface area contributed by atoms with Crippen molar-refractivity contribution < 1.29 is 23.8 Å². The van der Waals surface area contributed by atoms with E-state index in [0.717, 1.165) is 0 Å². The van der Waals surface area contributed by atoms with Crippen molar-refractivity contribution in [3.05, 3.63) is 47.5 Å². The minimum atomic E-state index is -0.970. The average Bonchev–Trinajstić information content (AvgIpc) is 2.96. The van der Waals surface area contributed by atoms with Crippen LogP contribution in [0.1, 0.15) is 22.5 Å². The average molecular weight is 347 g/mol. The van der Waals surface area contributed by atoms with Crippen LogP contribution in [0.2, 0.25) is 0 Å². The topological polar surface area (TPSA) is 84.7 Å². The van der Waals surface area contributed by atoms with Crippen LogP contribution in [0.25, 0.3) is 5.69 Å². The summed E-state index contributed by atoms with van der Waals surface area (Å²) >= 11 is 0. The number of rotatable bonds is 4. The third-order valence-electron chi connectivity index (χ3n) is 4.15. The Hall–Kier alpha value is -2.74. The standard InChI is InChI=1S/C17H18FN3O4/c1-11-13(9-19-21(11)15-5-3-2-4-14(15)18)17(24)20-6-7-25-12(10-20)8-16(22)23/h2-5,9,12H,6-8,10H2,1H3,(H,22,23). The Morgan fingerprint density at radius 2 is 2.16 bits per heavy atom. The van der Waals surface area contributed by atoms with E-state index in [0.29, 0.717) is 17.8 Å². The number of benzene rings is 1. The molecule has 132 valence electrons. The van der Waals surface area contributed by atoms with E-state index in [-0.39, 0.29) is 31.2 Å². The van der Waals surface area contributed by atoms with Gasteiger partial charge in [-0.15, -0.1) is 0 Å². The number of para-hydroxylation sites is 1. The van der Waals surface area contributed by atoms with Gasteiger partial charge in [0.1, 0.15) is 11.5 Å². The van der Waals surface area contributed by atoms with Crippen LogP contribution >= 0.6 is 0 Å². The summed E-state index contributed by atoms with van der Waals surface area (Å²) in [7, 11) is 0. The molecule has 2 heterocycles. The Bertz CT molecular complexity index is 805. The van der Waals surface area contributed by atoms with Gasteiger partial charge in [-0.2, -0.15) is 5.10 Å². The largest absolute Gasteiger partial charge is 0.481 e. The number of carbonyl (C=O) groups is 2. The van der Waals surface area contributed by atoms with Crippen molar-refractivity contribution in [3.63, 3.8) is 0 Å². The fourth-order valence-electron chi connectivity index (χ4n) is 2.88. The van der Waals surface area contributed by atoms with Crippen LogP contribution in [0.4, 0.5) is 4.39 Å². The predicted molar refractivity (Wildman–Crippen MR) is 86.2 cm³/mol. The second-order valence-corrected chi connectivity index (χ2v) is 5.85. The van der Waals surface area contributed by atoms with Gasteiger partial charge in [-0.25, -0.2) is 9.07 Å². The van der Waals surface area contributed by atoms with Crippen molar-refractivity contribution in [3.8, 4) is 5.69 Å². The van der Waals surface area contributed by atoms with Gasteiger partial charge in [0.05, 0.1) is 36.6 Å². The molecule has 1 atom stereocenters. The molecule has 0 aliphatic carbocycles. The number of amides is 1. The van der Waals surface area contributed by atoms with Crippen LogP contribution in [-0.4, -0.2) is 57.5 Å². The Morgan fingerprint density at radius 3 is 2.88 bits per heavy atom.